The topological polar surface area (TPSA) is 133 Å². The van der Waals surface area contributed by atoms with Gasteiger partial charge in [0.15, 0.2) is 12.4 Å². The van der Waals surface area contributed by atoms with E-state index in [4.69, 9.17) is 15.0 Å². The maximum absolute atomic E-state index is 13.0. The van der Waals surface area contributed by atoms with E-state index >= 15 is 0 Å². The number of hydrogen-bond acceptors (Lipinski definition) is 10. The largest absolute Gasteiger partial charge is 0.457 e. The van der Waals surface area contributed by atoms with Crippen LogP contribution in [0.3, 0.4) is 0 Å². The minimum absolute atomic E-state index is 0.0339. The number of hydrogen-bond donors (Lipinski definition) is 1. The highest BCUT2D eigenvalue weighted by atomic mass is 19.1. The molecule has 11 heteroatoms. The maximum Gasteiger partial charge on any atom is 0.306 e. The predicted molar refractivity (Wildman–Crippen MR) is 96.4 cm³/mol. The third kappa shape index (κ3) is 4.96. The second kappa shape index (κ2) is 8.37. The Hall–Kier alpha value is -3.63. The molecule has 3 aromatic rings. The number of esters is 1. The summed E-state index contributed by atoms with van der Waals surface area (Å²) in [6, 6.07) is 5.69. The van der Waals surface area contributed by atoms with Crippen LogP contribution in [0.2, 0.25) is 0 Å². The predicted octanol–water partition coefficient (Wildman–Crippen LogP) is 1.38. The third-order valence-corrected chi connectivity index (χ3v) is 3.56. The van der Waals surface area contributed by atoms with Gasteiger partial charge in [0.1, 0.15) is 5.82 Å². The van der Waals surface area contributed by atoms with Gasteiger partial charge in [-0.2, -0.15) is 19.9 Å². The van der Waals surface area contributed by atoms with E-state index in [9.17, 15) is 9.18 Å². The summed E-state index contributed by atoms with van der Waals surface area (Å²) in [5, 5.41) is 3.82. The van der Waals surface area contributed by atoms with E-state index in [0.29, 0.717) is 17.3 Å². The summed E-state index contributed by atoms with van der Waals surface area (Å²) < 4.78 is 23.2. The van der Waals surface area contributed by atoms with Crippen LogP contribution >= 0.6 is 0 Å². The number of rotatable bonds is 7. The second-order valence-corrected chi connectivity index (χ2v) is 5.98. The zero-order chi connectivity index (χ0) is 20.1. The van der Waals surface area contributed by atoms with E-state index in [2.05, 4.69) is 25.1 Å². The highest BCUT2D eigenvalue weighted by Crippen LogP contribution is 2.16. The molecule has 0 aliphatic rings. The first-order chi connectivity index (χ1) is 13.4. The second-order valence-electron chi connectivity index (χ2n) is 5.98. The summed E-state index contributed by atoms with van der Waals surface area (Å²) in [4.78, 5) is 29.8. The van der Waals surface area contributed by atoms with E-state index in [-0.39, 0.29) is 42.9 Å². The van der Waals surface area contributed by atoms with E-state index in [0.717, 1.165) is 0 Å². The van der Waals surface area contributed by atoms with Crippen LogP contribution in [0.15, 0.2) is 28.8 Å². The number of benzene rings is 1. The molecular weight excluding hydrogens is 369 g/mol. The lowest BCUT2D eigenvalue weighted by Gasteiger charge is -2.11. The lowest BCUT2D eigenvalue weighted by Crippen LogP contribution is -2.17. The molecule has 28 heavy (non-hydrogen) atoms. The van der Waals surface area contributed by atoms with Crippen LogP contribution in [0.1, 0.15) is 18.1 Å². The van der Waals surface area contributed by atoms with Crippen molar-refractivity contribution in [2.75, 3.05) is 24.7 Å². The molecule has 0 aliphatic carbocycles. The van der Waals surface area contributed by atoms with Gasteiger partial charge in [-0.3, -0.25) is 4.79 Å². The molecule has 0 saturated carbocycles. The Balaban J connectivity index is 1.52. The minimum atomic E-state index is -0.480. The van der Waals surface area contributed by atoms with Crippen LogP contribution in [0, 0.1) is 5.82 Å². The number of carbonyl (C=O) groups is 1. The van der Waals surface area contributed by atoms with E-state index in [1.54, 1.807) is 31.1 Å². The fourth-order valence-corrected chi connectivity index (χ4v) is 2.19. The number of nitrogen functional groups attached to an aromatic ring is 1. The van der Waals surface area contributed by atoms with Crippen LogP contribution in [0.5, 0.6) is 0 Å². The zero-order valence-corrected chi connectivity index (χ0v) is 15.3. The molecule has 10 nitrogen and oxygen atoms in total. The number of aromatic nitrogens is 5. The van der Waals surface area contributed by atoms with Crippen molar-refractivity contribution in [2.45, 2.75) is 19.4 Å². The highest BCUT2D eigenvalue weighted by molar-refractivity contribution is 5.69. The molecule has 1 aromatic carbocycles. The molecule has 0 atom stereocenters. The average Bonchev–Trinajstić information content (AvgIpc) is 3.14. The van der Waals surface area contributed by atoms with Gasteiger partial charge in [-0.05, 0) is 24.3 Å². The molecule has 3 rings (SSSR count). The van der Waals surface area contributed by atoms with Crippen LogP contribution in [0.4, 0.5) is 16.3 Å². The number of nitrogens with zero attached hydrogens (tertiary/aromatic N) is 6. The Morgan fingerprint density at radius 3 is 2.64 bits per heavy atom. The minimum Gasteiger partial charge on any atom is -0.457 e. The van der Waals surface area contributed by atoms with Crippen molar-refractivity contribution in [1.29, 1.82) is 0 Å². The maximum atomic E-state index is 13.0. The summed E-state index contributed by atoms with van der Waals surface area (Å²) in [7, 11) is 3.52. The molecular formula is C17H18FN7O3. The smallest absolute Gasteiger partial charge is 0.306 e. The van der Waals surface area contributed by atoms with Gasteiger partial charge >= 0.3 is 5.97 Å². The summed E-state index contributed by atoms with van der Waals surface area (Å²) in [6.45, 7) is -0.128. The van der Waals surface area contributed by atoms with Crippen LogP contribution < -0.4 is 10.6 Å². The summed E-state index contributed by atoms with van der Waals surface area (Å²) in [6.07, 6.45) is 0.238. The molecule has 2 heterocycles. The van der Waals surface area contributed by atoms with Crippen molar-refractivity contribution in [3.63, 3.8) is 0 Å². The van der Waals surface area contributed by atoms with E-state index < -0.39 is 5.97 Å². The van der Waals surface area contributed by atoms with Crippen LogP contribution in [-0.2, 0) is 22.6 Å². The molecule has 0 radical (unpaired) electrons. The first-order valence-corrected chi connectivity index (χ1v) is 8.32. The fourth-order valence-electron chi connectivity index (χ4n) is 2.19. The fraction of sp³-hybridized carbons (Fsp3) is 0.294. The van der Waals surface area contributed by atoms with Crippen molar-refractivity contribution in [1.82, 2.24) is 25.1 Å². The van der Waals surface area contributed by atoms with Gasteiger partial charge in [-0.1, -0.05) is 5.16 Å². The van der Waals surface area contributed by atoms with Crippen LogP contribution in [-0.4, -0.2) is 45.2 Å². The number of aryl methyl sites for hydroxylation is 1. The summed E-state index contributed by atoms with van der Waals surface area (Å²) in [5.41, 5.74) is 6.23. The number of anilines is 2. The number of ether oxygens (including phenoxy) is 1. The monoisotopic (exact) mass is 387 g/mol. The molecule has 146 valence electrons. The number of nitrogens with two attached hydrogens (primary N) is 1. The van der Waals surface area contributed by atoms with Crippen molar-refractivity contribution in [3.8, 4) is 11.4 Å². The normalized spacial score (nSPS) is 10.7. The SMILES string of the molecule is CN(C)c1nc(N)nc(COC(=O)CCc2nc(-c3ccc(F)cc3)no2)n1. The first-order valence-electron chi connectivity index (χ1n) is 8.32. The molecule has 2 N–H and O–H groups in total. The molecule has 2 aromatic heterocycles. The lowest BCUT2D eigenvalue weighted by molar-refractivity contribution is -0.145. The number of carbonyl (C=O) groups excluding carboxylic acids is 1. The standard InChI is InChI=1S/C17H18FN7O3/c1-25(2)17-21-12(20-16(19)23-17)9-27-14(26)8-7-13-22-15(24-28-13)10-3-5-11(18)6-4-10/h3-6H,7-9H2,1-2H3,(H2,19,20,21,23). The molecule has 0 bridgehead atoms. The molecule has 0 aliphatic heterocycles. The lowest BCUT2D eigenvalue weighted by atomic mass is 10.2. The van der Waals surface area contributed by atoms with E-state index in [1.165, 1.54) is 12.1 Å². The van der Waals surface area contributed by atoms with Crippen molar-refractivity contribution in [2.24, 2.45) is 0 Å². The average molecular weight is 387 g/mol. The molecule has 0 unspecified atom stereocenters. The summed E-state index contributed by atoms with van der Waals surface area (Å²) in [5.74, 6) is 0.429. The van der Waals surface area contributed by atoms with Gasteiger partial charge in [0.05, 0.1) is 6.42 Å². The molecule has 0 saturated heterocycles. The van der Waals surface area contributed by atoms with E-state index in [1.807, 2.05) is 0 Å². The Morgan fingerprint density at radius 1 is 1.18 bits per heavy atom. The van der Waals surface area contributed by atoms with Gasteiger partial charge in [0.2, 0.25) is 23.6 Å². The zero-order valence-electron chi connectivity index (χ0n) is 15.3. The Morgan fingerprint density at radius 2 is 1.93 bits per heavy atom. The summed E-state index contributed by atoms with van der Waals surface area (Å²) >= 11 is 0. The Kier molecular flexibility index (Phi) is 5.72. The van der Waals surface area contributed by atoms with Crippen molar-refractivity contribution >= 4 is 17.9 Å². The molecule has 0 spiro atoms. The van der Waals surface area contributed by atoms with Crippen LogP contribution in [0.25, 0.3) is 11.4 Å². The Labute approximate surface area is 159 Å². The van der Waals surface area contributed by atoms with Gasteiger partial charge in [0.25, 0.3) is 0 Å². The van der Waals surface area contributed by atoms with Crippen molar-refractivity contribution < 1.29 is 18.4 Å². The number of halogens is 1. The highest BCUT2D eigenvalue weighted by Gasteiger charge is 2.13. The molecule has 0 amide bonds. The molecule has 0 fully saturated rings. The first kappa shape index (κ1) is 19.1. The quantitative estimate of drug-likeness (QED) is 0.593. The van der Waals surface area contributed by atoms with Crippen molar-refractivity contribution in [3.05, 3.63) is 41.8 Å². The van der Waals surface area contributed by atoms with Gasteiger partial charge in [0, 0.05) is 26.1 Å². The van der Waals surface area contributed by atoms with Gasteiger partial charge < -0.3 is 19.9 Å². The third-order valence-electron chi connectivity index (χ3n) is 3.56. The van der Waals surface area contributed by atoms with Gasteiger partial charge in [-0.15, -0.1) is 0 Å². The Bertz CT molecular complexity index is 960. The van der Waals surface area contributed by atoms with Gasteiger partial charge in [-0.25, -0.2) is 4.39 Å².